The SMILES string of the molecule is C1=C(C2CCCCCCC2)C=C(C2CCCCCCC2)NC1C1CCCCCCC1. The number of rotatable bonds is 3. The van der Waals surface area contributed by atoms with Crippen molar-refractivity contribution in [3.8, 4) is 0 Å². The lowest BCUT2D eigenvalue weighted by molar-refractivity contribution is 0.308. The molecule has 3 fully saturated rings. The normalized spacial score (nSPS) is 29.8. The molecule has 3 saturated carbocycles. The lowest BCUT2D eigenvalue weighted by atomic mass is 9.77. The Morgan fingerprint density at radius 2 is 0.933 bits per heavy atom. The topological polar surface area (TPSA) is 12.0 Å². The Balaban J connectivity index is 1.53. The highest BCUT2D eigenvalue weighted by molar-refractivity contribution is 5.33. The number of nitrogens with one attached hydrogen (secondary N) is 1. The fourth-order valence-corrected chi connectivity index (χ4v) is 6.86. The molecule has 0 aromatic carbocycles. The fraction of sp³-hybridized carbons (Fsp3) is 0.862. The van der Waals surface area contributed by atoms with E-state index in [4.69, 9.17) is 0 Å². The van der Waals surface area contributed by atoms with Crippen molar-refractivity contribution in [2.24, 2.45) is 17.8 Å². The van der Waals surface area contributed by atoms with Gasteiger partial charge in [-0.3, -0.25) is 0 Å². The molecule has 3 aliphatic carbocycles. The highest BCUT2D eigenvalue weighted by Gasteiger charge is 2.29. The molecule has 4 aliphatic rings. The van der Waals surface area contributed by atoms with Crippen LogP contribution in [0.25, 0.3) is 0 Å². The van der Waals surface area contributed by atoms with Gasteiger partial charge in [0.05, 0.1) is 0 Å². The molecule has 0 bridgehead atoms. The molecule has 0 saturated heterocycles. The van der Waals surface area contributed by atoms with Crippen molar-refractivity contribution in [2.45, 2.75) is 141 Å². The van der Waals surface area contributed by atoms with Gasteiger partial charge in [-0.05, 0) is 67.9 Å². The third-order valence-corrected chi connectivity index (χ3v) is 8.81. The van der Waals surface area contributed by atoms with Crippen LogP contribution in [0.4, 0.5) is 0 Å². The number of allylic oxidation sites excluding steroid dienone is 3. The molecule has 1 unspecified atom stereocenters. The zero-order valence-corrected chi connectivity index (χ0v) is 19.8. The summed E-state index contributed by atoms with van der Waals surface area (Å²) < 4.78 is 0. The summed E-state index contributed by atoms with van der Waals surface area (Å²) in [5, 5.41) is 4.17. The predicted molar refractivity (Wildman–Crippen MR) is 131 cm³/mol. The molecule has 170 valence electrons. The summed E-state index contributed by atoms with van der Waals surface area (Å²) in [5.41, 5.74) is 3.41. The summed E-state index contributed by atoms with van der Waals surface area (Å²) in [6.45, 7) is 0. The molecule has 1 N–H and O–H groups in total. The third-order valence-electron chi connectivity index (χ3n) is 8.81. The molecule has 0 radical (unpaired) electrons. The van der Waals surface area contributed by atoms with Gasteiger partial charge >= 0.3 is 0 Å². The van der Waals surface area contributed by atoms with Crippen LogP contribution >= 0.6 is 0 Å². The third kappa shape index (κ3) is 6.64. The Morgan fingerprint density at radius 1 is 0.500 bits per heavy atom. The summed E-state index contributed by atoms with van der Waals surface area (Å²) in [6.07, 6.45) is 36.0. The lowest BCUT2D eigenvalue weighted by Gasteiger charge is -2.37. The van der Waals surface area contributed by atoms with Gasteiger partial charge in [-0.15, -0.1) is 0 Å². The molecular weight excluding hydrogens is 362 g/mol. The van der Waals surface area contributed by atoms with E-state index in [9.17, 15) is 0 Å². The van der Waals surface area contributed by atoms with E-state index in [2.05, 4.69) is 17.5 Å². The molecule has 0 aromatic rings. The van der Waals surface area contributed by atoms with E-state index in [-0.39, 0.29) is 0 Å². The number of dihydropyridines is 1. The van der Waals surface area contributed by atoms with Crippen LogP contribution in [0.15, 0.2) is 23.4 Å². The Kier molecular flexibility index (Phi) is 9.25. The maximum Gasteiger partial charge on any atom is 0.0475 e. The minimum atomic E-state index is 0.619. The van der Waals surface area contributed by atoms with Crippen molar-refractivity contribution in [3.63, 3.8) is 0 Å². The molecule has 30 heavy (non-hydrogen) atoms. The highest BCUT2D eigenvalue weighted by Crippen LogP contribution is 2.37. The second-order valence-corrected chi connectivity index (χ2v) is 11.1. The van der Waals surface area contributed by atoms with Gasteiger partial charge in [0.15, 0.2) is 0 Å². The van der Waals surface area contributed by atoms with E-state index in [0.29, 0.717) is 6.04 Å². The summed E-state index contributed by atoms with van der Waals surface area (Å²) >= 11 is 0. The van der Waals surface area contributed by atoms with Gasteiger partial charge in [0.2, 0.25) is 0 Å². The van der Waals surface area contributed by atoms with Crippen molar-refractivity contribution in [3.05, 3.63) is 23.4 Å². The highest BCUT2D eigenvalue weighted by atomic mass is 14.9. The summed E-state index contributed by atoms with van der Waals surface area (Å²) in [6, 6.07) is 0.619. The molecule has 1 aliphatic heterocycles. The van der Waals surface area contributed by atoms with Crippen LogP contribution < -0.4 is 5.32 Å². The van der Waals surface area contributed by atoms with Crippen molar-refractivity contribution < 1.29 is 0 Å². The largest absolute Gasteiger partial charge is 0.382 e. The first-order chi connectivity index (χ1) is 14.9. The van der Waals surface area contributed by atoms with Crippen LogP contribution in [-0.2, 0) is 0 Å². The standard InChI is InChI=1S/C29H49N/c1-4-10-16-24(17-11-5-1)27-22-28(25-18-12-6-2-7-13-19-25)30-29(23-27)26-20-14-8-3-9-15-21-26/h22-26,28,30H,1-21H2. The van der Waals surface area contributed by atoms with E-state index >= 15 is 0 Å². The van der Waals surface area contributed by atoms with Gasteiger partial charge in [0, 0.05) is 11.7 Å². The quantitative estimate of drug-likeness (QED) is 0.489. The van der Waals surface area contributed by atoms with Crippen LogP contribution in [-0.4, -0.2) is 6.04 Å². The lowest BCUT2D eigenvalue weighted by Crippen LogP contribution is -2.39. The average Bonchev–Trinajstić information content (AvgIpc) is 2.67. The summed E-state index contributed by atoms with van der Waals surface area (Å²) in [4.78, 5) is 0. The van der Waals surface area contributed by atoms with Gasteiger partial charge in [-0.2, -0.15) is 0 Å². The number of hydrogen-bond acceptors (Lipinski definition) is 1. The maximum atomic E-state index is 4.17. The second-order valence-electron chi connectivity index (χ2n) is 11.1. The van der Waals surface area contributed by atoms with Crippen LogP contribution in [0.3, 0.4) is 0 Å². The minimum Gasteiger partial charge on any atom is -0.382 e. The molecule has 0 aromatic heterocycles. The van der Waals surface area contributed by atoms with E-state index in [0.717, 1.165) is 17.8 Å². The van der Waals surface area contributed by atoms with E-state index < -0.39 is 0 Å². The van der Waals surface area contributed by atoms with Crippen molar-refractivity contribution in [1.82, 2.24) is 5.32 Å². The zero-order chi connectivity index (χ0) is 20.4. The average molecular weight is 412 g/mol. The van der Waals surface area contributed by atoms with E-state index in [1.165, 1.54) is 135 Å². The first-order valence-electron chi connectivity index (χ1n) is 14.1. The second kappa shape index (κ2) is 12.4. The predicted octanol–water partition coefficient (Wildman–Crippen LogP) is 8.85. The Morgan fingerprint density at radius 3 is 1.47 bits per heavy atom. The smallest absolute Gasteiger partial charge is 0.0475 e. The van der Waals surface area contributed by atoms with Crippen molar-refractivity contribution in [2.75, 3.05) is 0 Å². The van der Waals surface area contributed by atoms with Crippen molar-refractivity contribution in [1.29, 1.82) is 0 Å². The van der Waals surface area contributed by atoms with E-state index in [1.807, 2.05) is 0 Å². The maximum absolute atomic E-state index is 4.17. The molecule has 1 heteroatoms. The molecule has 1 heterocycles. The molecule has 4 rings (SSSR count). The number of hydrogen-bond donors (Lipinski definition) is 1. The Labute approximate surface area is 187 Å². The van der Waals surface area contributed by atoms with Gasteiger partial charge in [-0.25, -0.2) is 0 Å². The van der Waals surface area contributed by atoms with Crippen LogP contribution in [0, 0.1) is 17.8 Å². The Bertz CT molecular complexity index is 535. The van der Waals surface area contributed by atoms with Gasteiger partial charge < -0.3 is 5.32 Å². The summed E-state index contributed by atoms with van der Waals surface area (Å²) in [7, 11) is 0. The van der Waals surface area contributed by atoms with Crippen LogP contribution in [0.5, 0.6) is 0 Å². The summed E-state index contributed by atoms with van der Waals surface area (Å²) in [5.74, 6) is 2.51. The van der Waals surface area contributed by atoms with Crippen molar-refractivity contribution >= 4 is 0 Å². The van der Waals surface area contributed by atoms with Crippen LogP contribution in [0.2, 0.25) is 0 Å². The molecule has 0 amide bonds. The molecular formula is C29H49N. The monoisotopic (exact) mass is 411 g/mol. The van der Waals surface area contributed by atoms with Gasteiger partial charge in [-0.1, -0.05) is 102 Å². The Hall–Kier alpha value is -0.720. The molecule has 1 atom stereocenters. The first kappa shape index (κ1) is 22.5. The molecule has 1 nitrogen and oxygen atoms in total. The first-order valence-corrected chi connectivity index (χ1v) is 14.1. The van der Waals surface area contributed by atoms with Crippen LogP contribution in [0.1, 0.15) is 135 Å². The zero-order valence-electron chi connectivity index (χ0n) is 19.8. The van der Waals surface area contributed by atoms with Gasteiger partial charge in [0.1, 0.15) is 0 Å². The minimum absolute atomic E-state index is 0.619. The molecule has 0 spiro atoms. The van der Waals surface area contributed by atoms with Gasteiger partial charge in [0.25, 0.3) is 0 Å². The fourth-order valence-electron chi connectivity index (χ4n) is 6.86. The van der Waals surface area contributed by atoms with E-state index in [1.54, 1.807) is 11.3 Å².